The maximum absolute atomic E-state index is 14.5. The Morgan fingerprint density at radius 3 is 2.55 bits per heavy atom. The minimum absolute atomic E-state index is 0.00476. The molecule has 4 rings (SSSR count). The summed E-state index contributed by atoms with van der Waals surface area (Å²) >= 11 is 1.34. The quantitative estimate of drug-likeness (QED) is 0.345. The number of benzene rings is 2. The van der Waals surface area contributed by atoms with E-state index in [9.17, 15) is 26.4 Å². The van der Waals surface area contributed by atoms with Gasteiger partial charge in [-0.3, -0.25) is 9.69 Å². The molecule has 0 saturated carbocycles. The number of hydrogen-bond donors (Lipinski definition) is 1. The van der Waals surface area contributed by atoms with Gasteiger partial charge < -0.3 is 10.1 Å². The number of aromatic nitrogens is 1. The first-order valence-corrected chi connectivity index (χ1v) is 14.5. The molecule has 1 amide bonds. The third-order valence-electron chi connectivity index (χ3n) is 6.27. The Balaban J connectivity index is 1.43. The van der Waals surface area contributed by atoms with E-state index in [0.717, 1.165) is 16.6 Å². The average molecular weight is 568 g/mol. The molecule has 3 aromatic rings. The standard InChI is InChI=1S/C26H28F3N3O4S2/c1-4-38(34,35)19-8-5-16(6-9-19)11-22(33)30-26-31-23-21(37-26)14-32(24(23)15(2)3)13-17-12-18(36-25(28)29)7-10-20(17)27/h5-10,12,15,24-25H,4,11,13-14H2,1-3H3,(H,30,31,33). The lowest BCUT2D eigenvalue weighted by Crippen LogP contribution is -2.26. The number of amides is 1. The SMILES string of the molecule is CCS(=O)(=O)c1ccc(CC(=O)Nc2nc3c(s2)CN(Cc2cc(OC(F)F)ccc2F)C3C(C)C)cc1. The Morgan fingerprint density at radius 2 is 1.92 bits per heavy atom. The molecule has 0 spiro atoms. The highest BCUT2D eigenvalue weighted by Crippen LogP contribution is 2.43. The summed E-state index contributed by atoms with van der Waals surface area (Å²) < 4.78 is 68.0. The second kappa shape index (κ2) is 11.4. The molecule has 0 radical (unpaired) electrons. The van der Waals surface area contributed by atoms with Crippen LogP contribution in [0.5, 0.6) is 5.75 Å². The number of ether oxygens (including phenoxy) is 1. The summed E-state index contributed by atoms with van der Waals surface area (Å²) in [5.74, 6) is -0.769. The largest absolute Gasteiger partial charge is 0.435 e. The van der Waals surface area contributed by atoms with Crippen LogP contribution in [0.3, 0.4) is 0 Å². The highest BCUT2D eigenvalue weighted by atomic mass is 32.2. The van der Waals surface area contributed by atoms with Crippen LogP contribution in [0.15, 0.2) is 47.4 Å². The molecule has 1 aliphatic heterocycles. The molecule has 204 valence electrons. The number of nitrogens with zero attached hydrogens (tertiary/aromatic N) is 2. The van der Waals surface area contributed by atoms with Gasteiger partial charge in [0.1, 0.15) is 11.6 Å². The van der Waals surface area contributed by atoms with Crippen molar-refractivity contribution in [3.63, 3.8) is 0 Å². The number of fused-ring (bicyclic) bond motifs is 1. The van der Waals surface area contributed by atoms with Gasteiger partial charge >= 0.3 is 6.61 Å². The zero-order valence-corrected chi connectivity index (χ0v) is 22.7. The minimum Gasteiger partial charge on any atom is -0.435 e. The normalized spacial score (nSPS) is 15.7. The first-order chi connectivity index (χ1) is 18.0. The summed E-state index contributed by atoms with van der Waals surface area (Å²) in [6, 6.07) is 9.66. The summed E-state index contributed by atoms with van der Waals surface area (Å²) in [7, 11) is -3.31. The Bertz CT molecular complexity index is 1410. The van der Waals surface area contributed by atoms with E-state index >= 15 is 0 Å². The fourth-order valence-electron chi connectivity index (χ4n) is 4.51. The van der Waals surface area contributed by atoms with E-state index < -0.39 is 22.3 Å². The third kappa shape index (κ3) is 6.36. The number of anilines is 1. The van der Waals surface area contributed by atoms with Crippen molar-refractivity contribution in [1.29, 1.82) is 0 Å². The van der Waals surface area contributed by atoms with Crippen LogP contribution in [0, 0.1) is 11.7 Å². The molecule has 0 bridgehead atoms. The number of carbonyl (C=O) groups is 1. The molecule has 1 atom stereocenters. The molecule has 38 heavy (non-hydrogen) atoms. The predicted octanol–water partition coefficient (Wildman–Crippen LogP) is 5.57. The van der Waals surface area contributed by atoms with Crippen molar-refractivity contribution in [3.05, 3.63) is 70.0 Å². The lowest BCUT2D eigenvalue weighted by molar-refractivity contribution is -0.115. The van der Waals surface area contributed by atoms with Gasteiger partial charge in [-0.05, 0) is 41.8 Å². The third-order valence-corrected chi connectivity index (χ3v) is 8.99. The molecule has 0 saturated heterocycles. The number of carbonyl (C=O) groups excluding carboxylic acids is 1. The molecule has 0 fully saturated rings. The van der Waals surface area contributed by atoms with Crippen molar-refractivity contribution < 1.29 is 31.1 Å². The summed E-state index contributed by atoms with van der Waals surface area (Å²) in [5.41, 5.74) is 1.72. The number of hydrogen-bond acceptors (Lipinski definition) is 7. The van der Waals surface area contributed by atoms with Crippen LogP contribution in [0.1, 0.15) is 48.5 Å². The van der Waals surface area contributed by atoms with E-state index in [1.807, 2.05) is 18.7 Å². The molecule has 7 nitrogen and oxygen atoms in total. The van der Waals surface area contributed by atoms with Gasteiger partial charge in [0.25, 0.3) is 0 Å². The molecule has 12 heteroatoms. The zero-order chi connectivity index (χ0) is 27.6. The molecular formula is C26H28F3N3O4S2. The Morgan fingerprint density at radius 1 is 1.21 bits per heavy atom. The number of nitrogens with one attached hydrogen (secondary N) is 1. The first-order valence-electron chi connectivity index (χ1n) is 12.0. The number of thiazole rings is 1. The van der Waals surface area contributed by atoms with Crippen molar-refractivity contribution in [1.82, 2.24) is 9.88 Å². The zero-order valence-electron chi connectivity index (χ0n) is 21.1. The van der Waals surface area contributed by atoms with E-state index in [4.69, 9.17) is 0 Å². The second-order valence-electron chi connectivity index (χ2n) is 9.33. The van der Waals surface area contributed by atoms with Crippen molar-refractivity contribution in [2.24, 2.45) is 5.92 Å². The van der Waals surface area contributed by atoms with E-state index in [1.165, 1.54) is 35.6 Å². The molecule has 1 N–H and O–H groups in total. The molecular weight excluding hydrogens is 539 g/mol. The summed E-state index contributed by atoms with van der Waals surface area (Å²) in [6.07, 6.45) is 0.0622. The van der Waals surface area contributed by atoms with Crippen LogP contribution in [-0.4, -0.2) is 36.6 Å². The van der Waals surface area contributed by atoms with E-state index in [2.05, 4.69) is 15.0 Å². The molecule has 2 heterocycles. The predicted molar refractivity (Wildman–Crippen MR) is 138 cm³/mol. The Kier molecular flexibility index (Phi) is 8.43. The van der Waals surface area contributed by atoms with Crippen LogP contribution in [0.2, 0.25) is 0 Å². The summed E-state index contributed by atoms with van der Waals surface area (Å²) in [5, 5.41) is 3.27. The van der Waals surface area contributed by atoms with Crippen molar-refractivity contribution in [2.75, 3.05) is 11.1 Å². The van der Waals surface area contributed by atoms with Gasteiger partial charge in [0.2, 0.25) is 5.91 Å². The topological polar surface area (TPSA) is 88.6 Å². The molecule has 1 aromatic heterocycles. The molecule has 2 aromatic carbocycles. The summed E-state index contributed by atoms with van der Waals surface area (Å²) in [6.45, 7) is 3.26. The first kappa shape index (κ1) is 28.1. The molecule has 1 aliphatic rings. The van der Waals surface area contributed by atoms with Gasteiger partial charge in [-0.15, -0.1) is 11.3 Å². The Hall–Kier alpha value is -2.96. The van der Waals surface area contributed by atoms with Crippen LogP contribution < -0.4 is 10.1 Å². The lowest BCUT2D eigenvalue weighted by Gasteiger charge is -2.28. The van der Waals surface area contributed by atoms with Crippen molar-refractivity contribution in [2.45, 2.75) is 57.8 Å². The number of halogens is 3. The number of alkyl halides is 2. The van der Waals surface area contributed by atoms with Gasteiger partial charge in [-0.25, -0.2) is 17.8 Å². The van der Waals surface area contributed by atoms with Gasteiger partial charge in [-0.1, -0.05) is 32.9 Å². The van der Waals surface area contributed by atoms with Gasteiger partial charge in [0, 0.05) is 23.5 Å². The number of rotatable bonds is 10. The maximum atomic E-state index is 14.5. The fourth-order valence-corrected chi connectivity index (χ4v) is 6.43. The van der Waals surface area contributed by atoms with Crippen molar-refractivity contribution in [3.8, 4) is 5.75 Å². The molecule has 1 unspecified atom stereocenters. The summed E-state index contributed by atoms with van der Waals surface area (Å²) in [4.78, 5) is 20.5. The smallest absolute Gasteiger partial charge is 0.387 e. The van der Waals surface area contributed by atoms with Crippen LogP contribution in [0.4, 0.5) is 18.3 Å². The highest BCUT2D eigenvalue weighted by molar-refractivity contribution is 7.91. The van der Waals surface area contributed by atoms with Crippen LogP contribution in [0.25, 0.3) is 0 Å². The van der Waals surface area contributed by atoms with Gasteiger partial charge in [-0.2, -0.15) is 8.78 Å². The number of sulfone groups is 1. The monoisotopic (exact) mass is 567 g/mol. The van der Waals surface area contributed by atoms with E-state index in [0.29, 0.717) is 17.2 Å². The van der Waals surface area contributed by atoms with Crippen LogP contribution in [-0.2, 0) is 34.1 Å². The Labute approximate surface area is 223 Å². The van der Waals surface area contributed by atoms with Crippen molar-refractivity contribution >= 4 is 32.2 Å². The van der Waals surface area contributed by atoms with E-state index in [1.54, 1.807) is 19.1 Å². The molecule has 0 aliphatic carbocycles. The maximum Gasteiger partial charge on any atom is 0.387 e. The van der Waals surface area contributed by atoms with Gasteiger partial charge in [0.05, 0.1) is 28.8 Å². The highest BCUT2D eigenvalue weighted by Gasteiger charge is 2.36. The van der Waals surface area contributed by atoms with Gasteiger partial charge in [0.15, 0.2) is 15.0 Å². The van der Waals surface area contributed by atoms with Crippen LogP contribution >= 0.6 is 11.3 Å². The van der Waals surface area contributed by atoms with E-state index in [-0.39, 0.29) is 52.8 Å². The fraction of sp³-hybridized carbons (Fsp3) is 0.385. The second-order valence-corrected chi connectivity index (χ2v) is 12.7. The lowest BCUT2D eigenvalue weighted by atomic mass is 10.0. The average Bonchev–Trinajstić information content (AvgIpc) is 3.37. The minimum atomic E-state index is -3.31.